The van der Waals surface area contributed by atoms with Gasteiger partial charge in [0.15, 0.2) is 0 Å². The average molecular weight is 190 g/mol. The van der Waals surface area contributed by atoms with E-state index in [9.17, 15) is 0 Å². The lowest BCUT2D eigenvalue weighted by Gasteiger charge is -2.02. The molecule has 0 aliphatic rings. The van der Waals surface area contributed by atoms with Crippen LogP contribution in [0.4, 0.5) is 5.82 Å². The van der Waals surface area contributed by atoms with E-state index >= 15 is 0 Å². The number of hydrogen-bond donors (Lipinski definition) is 2. The number of anilines is 1. The van der Waals surface area contributed by atoms with Crippen molar-refractivity contribution in [3.63, 3.8) is 0 Å². The van der Waals surface area contributed by atoms with E-state index in [-0.39, 0.29) is 0 Å². The lowest BCUT2D eigenvalue weighted by Crippen LogP contribution is -2.10. The van der Waals surface area contributed by atoms with Gasteiger partial charge in [-0.05, 0) is 12.1 Å². The molecule has 0 amide bonds. The van der Waals surface area contributed by atoms with Crippen LogP contribution in [0.3, 0.4) is 0 Å². The molecule has 0 fully saturated rings. The van der Waals surface area contributed by atoms with Gasteiger partial charge < -0.3 is 5.43 Å². The molecule has 0 saturated carbocycles. The molecule has 2 rings (SSSR count). The van der Waals surface area contributed by atoms with Gasteiger partial charge in [0.1, 0.15) is 18.5 Å². The number of aromatic nitrogens is 4. The number of nitrogen functional groups attached to an aromatic ring is 1. The summed E-state index contributed by atoms with van der Waals surface area (Å²) in [5.41, 5.74) is 3.37. The minimum absolute atomic E-state index is 0.593. The number of nitrogens with zero attached hydrogens (tertiary/aromatic N) is 4. The number of nitrogens with two attached hydrogens (primary N) is 1. The summed E-state index contributed by atoms with van der Waals surface area (Å²) in [6.45, 7) is 0.593. The first-order valence-corrected chi connectivity index (χ1v) is 4.13. The van der Waals surface area contributed by atoms with Crippen molar-refractivity contribution < 1.29 is 0 Å². The summed E-state index contributed by atoms with van der Waals surface area (Å²) < 4.78 is 1.70. The lowest BCUT2D eigenvalue weighted by molar-refractivity contribution is 0.671. The van der Waals surface area contributed by atoms with Crippen molar-refractivity contribution in [1.82, 2.24) is 19.7 Å². The van der Waals surface area contributed by atoms with Crippen LogP contribution in [0, 0.1) is 0 Å². The minimum atomic E-state index is 0.593. The predicted molar refractivity (Wildman–Crippen MR) is 51.2 cm³/mol. The Kier molecular flexibility index (Phi) is 2.37. The molecule has 0 saturated heterocycles. The van der Waals surface area contributed by atoms with E-state index in [2.05, 4.69) is 20.5 Å². The molecule has 0 aromatic carbocycles. The molecule has 0 aliphatic heterocycles. The molecule has 3 N–H and O–H groups in total. The molecule has 0 atom stereocenters. The van der Waals surface area contributed by atoms with Crippen LogP contribution in [0.5, 0.6) is 0 Å². The molecule has 72 valence electrons. The highest BCUT2D eigenvalue weighted by molar-refractivity contribution is 5.33. The van der Waals surface area contributed by atoms with Gasteiger partial charge in [-0.2, -0.15) is 5.10 Å². The Balaban J connectivity index is 2.17. The summed E-state index contributed by atoms with van der Waals surface area (Å²) in [5, 5.41) is 3.98. The Morgan fingerprint density at radius 2 is 2.36 bits per heavy atom. The first kappa shape index (κ1) is 8.64. The zero-order valence-electron chi connectivity index (χ0n) is 7.46. The van der Waals surface area contributed by atoms with Gasteiger partial charge in [0.05, 0.1) is 12.2 Å². The van der Waals surface area contributed by atoms with E-state index in [0.29, 0.717) is 12.4 Å². The number of nitrogens with one attached hydrogen (secondary N) is 1. The number of pyridine rings is 1. The molecule has 0 spiro atoms. The fourth-order valence-corrected chi connectivity index (χ4v) is 1.13. The Morgan fingerprint density at radius 3 is 3.07 bits per heavy atom. The third kappa shape index (κ3) is 1.86. The van der Waals surface area contributed by atoms with Crippen LogP contribution < -0.4 is 11.3 Å². The van der Waals surface area contributed by atoms with Crippen LogP contribution in [0.25, 0.3) is 0 Å². The van der Waals surface area contributed by atoms with Crippen LogP contribution in [0.15, 0.2) is 30.9 Å². The maximum absolute atomic E-state index is 5.24. The quantitative estimate of drug-likeness (QED) is 0.526. The maximum atomic E-state index is 5.24. The molecular weight excluding hydrogens is 180 g/mol. The van der Waals surface area contributed by atoms with Crippen molar-refractivity contribution in [1.29, 1.82) is 0 Å². The summed E-state index contributed by atoms with van der Waals surface area (Å²) >= 11 is 0. The highest BCUT2D eigenvalue weighted by Crippen LogP contribution is 2.03. The van der Waals surface area contributed by atoms with E-state index in [1.165, 1.54) is 6.33 Å². The van der Waals surface area contributed by atoms with Crippen LogP contribution in [0.2, 0.25) is 0 Å². The van der Waals surface area contributed by atoms with Gasteiger partial charge in [0.25, 0.3) is 0 Å². The summed E-state index contributed by atoms with van der Waals surface area (Å²) in [5.74, 6) is 5.89. The first-order chi connectivity index (χ1) is 6.88. The SMILES string of the molecule is NNc1cccc(Cn2cncn2)n1. The minimum Gasteiger partial charge on any atom is -0.308 e. The monoisotopic (exact) mass is 190 g/mol. The summed E-state index contributed by atoms with van der Waals surface area (Å²) in [6, 6.07) is 5.59. The molecule has 2 heterocycles. The molecule has 0 unspecified atom stereocenters. The standard InChI is InChI=1S/C8H10N6/c9-13-8-3-1-2-7(12-8)4-14-6-10-5-11-14/h1-3,5-6H,4,9H2,(H,12,13). The molecule has 0 bridgehead atoms. The molecular formula is C8H10N6. The van der Waals surface area contributed by atoms with Gasteiger partial charge >= 0.3 is 0 Å². The molecule has 6 heteroatoms. The Morgan fingerprint density at radius 1 is 1.43 bits per heavy atom. The lowest BCUT2D eigenvalue weighted by atomic mass is 10.3. The van der Waals surface area contributed by atoms with Gasteiger partial charge in [0, 0.05) is 0 Å². The van der Waals surface area contributed by atoms with Crippen LogP contribution in [-0.2, 0) is 6.54 Å². The molecule has 0 radical (unpaired) electrons. The van der Waals surface area contributed by atoms with Crippen LogP contribution >= 0.6 is 0 Å². The Bertz CT molecular complexity index is 396. The Labute approximate surface area is 80.8 Å². The first-order valence-electron chi connectivity index (χ1n) is 4.13. The predicted octanol–water partition coefficient (Wildman–Crippen LogP) is 0.00700. The second kappa shape index (κ2) is 3.84. The molecule has 2 aromatic rings. The number of hydrogen-bond acceptors (Lipinski definition) is 5. The van der Waals surface area contributed by atoms with Gasteiger partial charge in [-0.25, -0.2) is 20.5 Å². The van der Waals surface area contributed by atoms with Crippen LogP contribution in [0.1, 0.15) is 5.69 Å². The largest absolute Gasteiger partial charge is 0.308 e. The second-order valence-corrected chi connectivity index (χ2v) is 2.75. The molecule has 0 aliphatic carbocycles. The summed E-state index contributed by atoms with van der Waals surface area (Å²) in [4.78, 5) is 8.09. The summed E-state index contributed by atoms with van der Waals surface area (Å²) in [6.07, 6.45) is 3.13. The van der Waals surface area contributed by atoms with E-state index in [1.54, 1.807) is 17.1 Å². The number of hydrazine groups is 1. The van der Waals surface area contributed by atoms with Gasteiger partial charge in [-0.15, -0.1) is 0 Å². The fraction of sp³-hybridized carbons (Fsp3) is 0.125. The van der Waals surface area contributed by atoms with E-state index in [1.807, 2.05) is 12.1 Å². The summed E-state index contributed by atoms with van der Waals surface area (Å²) in [7, 11) is 0. The zero-order chi connectivity index (χ0) is 9.80. The fourth-order valence-electron chi connectivity index (χ4n) is 1.13. The second-order valence-electron chi connectivity index (χ2n) is 2.75. The van der Waals surface area contributed by atoms with Crippen molar-refractivity contribution in [3.05, 3.63) is 36.5 Å². The highest BCUT2D eigenvalue weighted by atomic mass is 15.3. The van der Waals surface area contributed by atoms with E-state index in [4.69, 9.17) is 5.84 Å². The van der Waals surface area contributed by atoms with Crippen molar-refractivity contribution in [3.8, 4) is 0 Å². The maximum Gasteiger partial charge on any atom is 0.140 e. The van der Waals surface area contributed by atoms with Gasteiger partial charge in [-0.1, -0.05) is 6.07 Å². The van der Waals surface area contributed by atoms with Crippen LogP contribution in [-0.4, -0.2) is 19.7 Å². The van der Waals surface area contributed by atoms with Gasteiger partial charge in [0.2, 0.25) is 0 Å². The molecule has 2 aromatic heterocycles. The average Bonchev–Trinajstić information content (AvgIpc) is 2.71. The van der Waals surface area contributed by atoms with E-state index < -0.39 is 0 Å². The van der Waals surface area contributed by atoms with Crippen molar-refractivity contribution in [2.24, 2.45) is 5.84 Å². The van der Waals surface area contributed by atoms with E-state index in [0.717, 1.165) is 5.69 Å². The zero-order valence-corrected chi connectivity index (χ0v) is 7.46. The molecule has 14 heavy (non-hydrogen) atoms. The van der Waals surface area contributed by atoms with Crippen molar-refractivity contribution >= 4 is 5.82 Å². The van der Waals surface area contributed by atoms with Gasteiger partial charge in [-0.3, -0.25) is 0 Å². The highest BCUT2D eigenvalue weighted by Gasteiger charge is 1.97. The topological polar surface area (TPSA) is 81.6 Å². The van der Waals surface area contributed by atoms with Crippen molar-refractivity contribution in [2.75, 3.05) is 5.43 Å². The smallest absolute Gasteiger partial charge is 0.140 e. The number of rotatable bonds is 3. The third-order valence-electron chi connectivity index (χ3n) is 1.75. The normalized spacial score (nSPS) is 10.1. The molecule has 6 nitrogen and oxygen atoms in total. The van der Waals surface area contributed by atoms with Crippen molar-refractivity contribution in [2.45, 2.75) is 6.54 Å². The third-order valence-corrected chi connectivity index (χ3v) is 1.75. The Hall–Kier alpha value is -1.95.